The zero-order valence-corrected chi connectivity index (χ0v) is 12.6. The maximum absolute atomic E-state index is 13.7. The highest BCUT2D eigenvalue weighted by atomic mass is 19.1. The van der Waals surface area contributed by atoms with Gasteiger partial charge >= 0.3 is 7.12 Å². The molecule has 1 atom stereocenters. The fourth-order valence-corrected chi connectivity index (χ4v) is 2.19. The van der Waals surface area contributed by atoms with Gasteiger partial charge in [0, 0.05) is 5.56 Å². The number of nitrogens with two attached hydrogens (primary N) is 1. The molecule has 0 spiro atoms. The van der Waals surface area contributed by atoms with Crippen LogP contribution in [0.25, 0.3) is 0 Å². The zero-order chi connectivity index (χ0) is 15.1. The molecule has 1 aliphatic heterocycles. The predicted octanol–water partition coefficient (Wildman–Crippen LogP) is 2.47. The first-order chi connectivity index (χ1) is 9.19. The van der Waals surface area contributed by atoms with Gasteiger partial charge in [-0.1, -0.05) is 12.1 Å². The average Bonchev–Trinajstić information content (AvgIpc) is 2.57. The Morgan fingerprint density at radius 1 is 1.20 bits per heavy atom. The zero-order valence-electron chi connectivity index (χ0n) is 12.6. The van der Waals surface area contributed by atoms with E-state index in [9.17, 15) is 4.39 Å². The van der Waals surface area contributed by atoms with Gasteiger partial charge in [-0.2, -0.15) is 0 Å². The number of halogens is 1. The lowest BCUT2D eigenvalue weighted by Gasteiger charge is -2.32. The molecule has 1 aliphatic rings. The van der Waals surface area contributed by atoms with E-state index in [4.69, 9.17) is 19.8 Å². The van der Waals surface area contributed by atoms with Gasteiger partial charge in [0.05, 0.1) is 24.3 Å². The van der Waals surface area contributed by atoms with Crippen LogP contribution in [0.5, 0.6) is 5.75 Å². The van der Waals surface area contributed by atoms with Crippen molar-refractivity contribution in [2.24, 2.45) is 5.73 Å². The van der Waals surface area contributed by atoms with Gasteiger partial charge in [-0.15, -0.1) is 0 Å². The van der Waals surface area contributed by atoms with E-state index in [1.165, 1.54) is 13.2 Å². The molecule has 1 fully saturated rings. The van der Waals surface area contributed by atoms with E-state index in [1.54, 1.807) is 12.1 Å². The van der Waals surface area contributed by atoms with Crippen molar-refractivity contribution in [3.05, 3.63) is 29.6 Å². The smallest absolute Gasteiger partial charge is 0.480 e. The number of methoxy groups -OCH3 is 1. The minimum Gasteiger partial charge on any atom is -0.493 e. The normalized spacial score (nSPS) is 21.9. The molecule has 1 saturated heterocycles. The molecule has 0 aromatic heterocycles. The Balaban J connectivity index is 2.30. The highest BCUT2D eigenvalue weighted by Crippen LogP contribution is 2.40. The number of para-hydroxylation sites is 1. The second-order valence-electron chi connectivity index (χ2n) is 6.01. The van der Waals surface area contributed by atoms with Crippen LogP contribution < -0.4 is 10.5 Å². The number of rotatable bonds is 3. The van der Waals surface area contributed by atoms with Crippen molar-refractivity contribution in [2.75, 3.05) is 7.11 Å². The van der Waals surface area contributed by atoms with Crippen molar-refractivity contribution in [3.63, 3.8) is 0 Å². The molecule has 20 heavy (non-hydrogen) atoms. The predicted molar refractivity (Wildman–Crippen MR) is 76.0 cm³/mol. The van der Waals surface area contributed by atoms with Gasteiger partial charge in [0.2, 0.25) is 0 Å². The lowest BCUT2D eigenvalue weighted by atomic mass is 9.74. The standard InChI is InChI=1S/C14H21BFNO3/c1-13(2)14(3,4)20-15(19-13)12(17)9-7-6-8-10(16)11(9)18-5/h6-8,12H,17H2,1-5H3/t12-/m0/s1. The van der Waals surface area contributed by atoms with Crippen molar-refractivity contribution in [1.82, 2.24) is 0 Å². The SMILES string of the molecule is COc1c(F)cccc1[C@H](N)B1OC(C)(C)C(C)(C)O1. The maximum Gasteiger partial charge on any atom is 0.480 e. The van der Waals surface area contributed by atoms with Gasteiger partial charge in [-0.3, -0.25) is 0 Å². The van der Waals surface area contributed by atoms with E-state index < -0.39 is 30.1 Å². The minimum atomic E-state index is -0.643. The molecule has 0 bridgehead atoms. The summed E-state index contributed by atoms with van der Waals surface area (Å²) in [5, 5.41) is 0. The second kappa shape index (κ2) is 5.02. The van der Waals surface area contributed by atoms with Crippen LogP contribution in [-0.2, 0) is 9.31 Å². The molecule has 6 heteroatoms. The van der Waals surface area contributed by atoms with Gasteiger partial charge in [0.25, 0.3) is 0 Å². The molecular weight excluding hydrogens is 260 g/mol. The first-order valence-corrected chi connectivity index (χ1v) is 6.63. The van der Waals surface area contributed by atoms with Gasteiger partial charge in [-0.25, -0.2) is 4.39 Å². The topological polar surface area (TPSA) is 53.7 Å². The van der Waals surface area contributed by atoms with Crippen molar-refractivity contribution < 1.29 is 18.4 Å². The van der Waals surface area contributed by atoms with Crippen molar-refractivity contribution >= 4 is 7.12 Å². The van der Waals surface area contributed by atoms with Crippen molar-refractivity contribution in [1.29, 1.82) is 0 Å². The highest BCUT2D eigenvalue weighted by molar-refractivity contribution is 6.47. The van der Waals surface area contributed by atoms with E-state index in [-0.39, 0.29) is 5.75 Å². The Morgan fingerprint density at radius 3 is 2.25 bits per heavy atom. The van der Waals surface area contributed by atoms with Crippen LogP contribution >= 0.6 is 0 Å². The molecule has 1 aromatic rings. The Bertz CT molecular complexity index is 491. The van der Waals surface area contributed by atoms with Crippen molar-refractivity contribution in [2.45, 2.75) is 44.8 Å². The molecular formula is C14H21BFNO3. The summed E-state index contributed by atoms with van der Waals surface area (Å²) in [5.74, 6) is -0.937. The molecule has 0 saturated carbocycles. The summed E-state index contributed by atoms with van der Waals surface area (Å²) in [4.78, 5) is 0. The molecule has 110 valence electrons. The fraction of sp³-hybridized carbons (Fsp3) is 0.571. The van der Waals surface area contributed by atoms with Crippen LogP contribution in [-0.4, -0.2) is 25.4 Å². The van der Waals surface area contributed by atoms with Gasteiger partial charge < -0.3 is 19.8 Å². The quantitative estimate of drug-likeness (QED) is 0.865. The van der Waals surface area contributed by atoms with Crippen LogP contribution in [0.2, 0.25) is 0 Å². The summed E-state index contributed by atoms with van der Waals surface area (Å²) in [6.45, 7) is 7.79. The summed E-state index contributed by atoms with van der Waals surface area (Å²) in [7, 11) is 0.773. The molecule has 1 aromatic carbocycles. The summed E-state index contributed by atoms with van der Waals surface area (Å²) < 4.78 is 30.6. The van der Waals surface area contributed by atoms with Crippen molar-refractivity contribution in [3.8, 4) is 5.75 Å². The molecule has 0 unspecified atom stereocenters. The van der Waals surface area contributed by atoms with E-state index in [2.05, 4.69) is 0 Å². The molecule has 2 N–H and O–H groups in total. The number of hydrogen-bond donors (Lipinski definition) is 1. The molecule has 0 amide bonds. The maximum atomic E-state index is 13.7. The third-order valence-electron chi connectivity index (χ3n) is 4.13. The number of hydrogen-bond acceptors (Lipinski definition) is 4. The lowest BCUT2D eigenvalue weighted by Crippen LogP contribution is -2.41. The fourth-order valence-electron chi connectivity index (χ4n) is 2.19. The highest BCUT2D eigenvalue weighted by Gasteiger charge is 2.53. The van der Waals surface area contributed by atoms with Gasteiger partial charge in [0.15, 0.2) is 11.6 Å². The van der Waals surface area contributed by atoms with E-state index in [1.807, 2.05) is 27.7 Å². The molecule has 2 rings (SSSR count). The first-order valence-electron chi connectivity index (χ1n) is 6.63. The Hall–Kier alpha value is -1.11. The van der Waals surface area contributed by atoms with Crippen LogP contribution in [0.1, 0.15) is 39.2 Å². The lowest BCUT2D eigenvalue weighted by molar-refractivity contribution is 0.00578. The number of benzene rings is 1. The van der Waals surface area contributed by atoms with E-state index in [0.29, 0.717) is 5.56 Å². The van der Waals surface area contributed by atoms with Crippen LogP contribution in [0, 0.1) is 5.82 Å². The molecule has 1 heterocycles. The summed E-state index contributed by atoms with van der Waals surface area (Å²) in [6.07, 6.45) is 0. The van der Waals surface area contributed by atoms with Crippen LogP contribution in [0.3, 0.4) is 0 Å². The van der Waals surface area contributed by atoms with E-state index >= 15 is 0 Å². The molecule has 4 nitrogen and oxygen atoms in total. The van der Waals surface area contributed by atoms with E-state index in [0.717, 1.165) is 0 Å². The average molecular weight is 281 g/mol. The number of ether oxygens (including phenoxy) is 1. The largest absolute Gasteiger partial charge is 0.493 e. The van der Waals surface area contributed by atoms with Crippen LogP contribution in [0.15, 0.2) is 18.2 Å². The first kappa shape index (κ1) is 15.3. The van der Waals surface area contributed by atoms with Gasteiger partial charge in [-0.05, 0) is 33.8 Å². The third-order valence-corrected chi connectivity index (χ3v) is 4.13. The Morgan fingerprint density at radius 2 is 1.75 bits per heavy atom. The minimum absolute atomic E-state index is 0.134. The Labute approximate surface area is 119 Å². The monoisotopic (exact) mass is 281 g/mol. The Kier molecular flexibility index (Phi) is 3.84. The summed E-state index contributed by atoms with van der Waals surface area (Å²) in [5.41, 5.74) is 5.77. The summed E-state index contributed by atoms with van der Waals surface area (Å²) >= 11 is 0. The third kappa shape index (κ3) is 2.43. The summed E-state index contributed by atoms with van der Waals surface area (Å²) in [6, 6.07) is 4.65. The molecule has 0 aliphatic carbocycles. The molecule has 0 radical (unpaired) electrons. The van der Waals surface area contributed by atoms with Crippen LogP contribution in [0.4, 0.5) is 4.39 Å². The second-order valence-corrected chi connectivity index (χ2v) is 6.01. The van der Waals surface area contributed by atoms with Gasteiger partial charge in [0.1, 0.15) is 0 Å².